The molecule has 1 aliphatic rings. The maximum atomic E-state index is 12.0. The first-order valence-electron chi connectivity index (χ1n) is 5.33. The number of nitrogens with zero attached hydrogens (tertiary/aromatic N) is 2. The van der Waals surface area contributed by atoms with Gasteiger partial charge in [-0.2, -0.15) is 0 Å². The lowest BCUT2D eigenvalue weighted by Crippen LogP contribution is -2.41. The van der Waals surface area contributed by atoms with E-state index in [4.69, 9.17) is 10.5 Å². The summed E-state index contributed by atoms with van der Waals surface area (Å²) in [5, 5.41) is 0. The fraction of sp³-hybridized carbons (Fsp3) is 0.455. The minimum absolute atomic E-state index is 0.0353. The molecule has 1 aromatic rings. The van der Waals surface area contributed by atoms with Crippen LogP contribution in [0.25, 0.3) is 0 Å². The molecule has 2 N–H and O–H groups in total. The van der Waals surface area contributed by atoms with Gasteiger partial charge in [0, 0.05) is 25.8 Å². The zero-order valence-electron chi connectivity index (χ0n) is 9.06. The van der Waals surface area contributed by atoms with E-state index in [9.17, 15) is 4.79 Å². The summed E-state index contributed by atoms with van der Waals surface area (Å²) in [5.41, 5.74) is 6.87. The summed E-state index contributed by atoms with van der Waals surface area (Å²) in [6, 6.07) is 3.56. The molecule has 0 aliphatic carbocycles. The Labute approximate surface area is 94.2 Å². The molecule has 2 rings (SSSR count). The second kappa shape index (κ2) is 5.05. The van der Waals surface area contributed by atoms with E-state index in [0.717, 1.165) is 5.56 Å². The van der Waals surface area contributed by atoms with Gasteiger partial charge >= 0.3 is 0 Å². The van der Waals surface area contributed by atoms with Crippen molar-refractivity contribution in [3.05, 3.63) is 29.6 Å². The fourth-order valence-corrected chi connectivity index (χ4v) is 1.60. The van der Waals surface area contributed by atoms with Gasteiger partial charge in [-0.15, -0.1) is 0 Å². The summed E-state index contributed by atoms with van der Waals surface area (Å²) in [6.45, 7) is 2.93. The zero-order valence-corrected chi connectivity index (χ0v) is 9.06. The first-order chi connectivity index (χ1) is 7.81. The normalized spacial score (nSPS) is 16.2. The average molecular weight is 221 g/mol. The Morgan fingerprint density at radius 1 is 1.44 bits per heavy atom. The van der Waals surface area contributed by atoms with Crippen LogP contribution in [0.15, 0.2) is 18.3 Å². The van der Waals surface area contributed by atoms with Crippen molar-refractivity contribution in [2.75, 3.05) is 26.3 Å². The summed E-state index contributed by atoms with van der Waals surface area (Å²) in [5.74, 6) is -0.0353. The zero-order chi connectivity index (χ0) is 11.4. The van der Waals surface area contributed by atoms with Gasteiger partial charge in [0.15, 0.2) is 0 Å². The molecule has 16 heavy (non-hydrogen) atoms. The molecule has 1 aromatic heterocycles. The SMILES string of the molecule is NCc1ccc(C(=O)N2CCOCC2)nc1. The molecule has 1 saturated heterocycles. The number of carbonyl (C=O) groups excluding carboxylic acids is 1. The number of aromatic nitrogens is 1. The van der Waals surface area contributed by atoms with Crippen molar-refractivity contribution in [1.29, 1.82) is 0 Å². The van der Waals surface area contributed by atoms with Crippen molar-refractivity contribution < 1.29 is 9.53 Å². The molecular weight excluding hydrogens is 206 g/mol. The van der Waals surface area contributed by atoms with E-state index in [1.54, 1.807) is 17.2 Å². The highest BCUT2D eigenvalue weighted by molar-refractivity contribution is 5.92. The summed E-state index contributed by atoms with van der Waals surface area (Å²) in [4.78, 5) is 17.8. The summed E-state index contributed by atoms with van der Waals surface area (Å²) >= 11 is 0. The maximum Gasteiger partial charge on any atom is 0.272 e. The fourth-order valence-electron chi connectivity index (χ4n) is 1.60. The van der Waals surface area contributed by atoms with Crippen LogP contribution in [0, 0.1) is 0 Å². The third kappa shape index (κ3) is 2.37. The van der Waals surface area contributed by atoms with Crippen LogP contribution in [-0.2, 0) is 11.3 Å². The van der Waals surface area contributed by atoms with Gasteiger partial charge in [0.25, 0.3) is 5.91 Å². The minimum atomic E-state index is -0.0353. The molecule has 0 aromatic carbocycles. The van der Waals surface area contributed by atoms with E-state index in [0.29, 0.717) is 38.5 Å². The Balaban J connectivity index is 2.07. The summed E-state index contributed by atoms with van der Waals surface area (Å²) in [6.07, 6.45) is 1.65. The van der Waals surface area contributed by atoms with Gasteiger partial charge in [0.1, 0.15) is 5.69 Å². The van der Waals surface area contributed by atoms with Gasteiger partial charge in [0.05, 0.1) is 13.2 Å². The number of hydrogen-bond donors (Lipinski definition) is 1. The second-order valence-electron chi connectivity index (χ2n) is 3.66. The second-order valence-corrected chi connectivity index (χ2v) is 3.66. The van der Waals surface area contributed by atoms with Gasteiger partial charge < -0.3 is 15.4 Å². The maximum absolute atomic E-state index is 12.0. The molecule has 0 atom stereocenters. The first kappa shape index (κ1) is 11.0. The minimum Gasteiger partial charge on any atom is -0.378 e. The number of ether oxygens (including phenoxy) is 1. The van der Waals surface area contributed by atoms with Gasteiger partial charge in [0.2, 0.25) is 0 Å². The van der Waals surface area contributed by atoms with E-state index in [1.165, 1.54) is 0 Å². The number of nitrogens with two attached hydrogens (primary N) is 1. The van der Waals surface area contributed by atoms with Crippen molar-refractivity contribution in [2.24, 2.45) is 5.73 Å². The van der Waals surface area contributed by atoms with E-state index in [1.807, 2.05) is 6.07 Å². The number of hydrogen-bond acceptors (Lipinski definition) is 4. The van der Waals surface area contributed by atoms with Gasteiger partial charge in [-0.3, -0.25) is 9.78 Å². The Hall–Kier alpha value is -1.46. The molecule has 0 spiro atoms. The lowest BCUT2D eigenvalue weighted by molar-refractivity contribution is 0.0299. The number of rotatable bonds is 2. The predicted octanol–water partition coefficient (Wildman–Crippen LogP) is 0.0127. The Morgan fingerprint density at radius 3 is 2.75 bits per heavy atom. The summed E-state index contributed by atoms with van der Waals surface area (Å²) in [7, 11) is 0. The average Bonchev–Trinajstić information content (AvgIpc) is 2.39. The van der Waals surface area contributed by atoms with E-state index in [2.05, 4.69) is 4.98 Å². The van der Waals surface area contributed by atoms with Gasteiger partial charge in [-0.05, 0) is 11.6 Å². The van der Waals surface area contributed by atoms with Crippen LogP contribution in [-0.4, -0.2) is 42.1 Å². The van der Waals surface area contributed by atoms with Crippen LogP contribution in [0.3, 0.4) is 0 Å². The van der Waals surface area contributed by atoms with Crippen molar-refractivity contribution in [1.82, 2.24) is 9.88 Å². The molecular formula is C11H15N3O2. The molecule has 0 unspecified atom stereocenters. The van der Waals surface area contributed by atoms with Crippen LogP contribution < -0.4 is 5.73 Å². The van der Waals surface area contributed by atoms with Crippen LogP contribution >= 0.6 is 0 Å². The Bertz CT molecular complexity index is 358. The van der Waals surface area contributed by atoms with Crippen molar-refractivity contribution >= 4 is 5.91 Å². The monoisotopic (exact) mass is 221 g/mol. The van der Waals surface area contributed by atoms with E-state index < -0.39 is 0 Å². The third-order valence-corrected chi connectivity index (χ3v) is 2.58. The quantitative estimate of drug-likeness (QED) is 0.764. The standard InChI is InChI=1S/C11H15N3O2/c12-7-9-1-2-10(13-8-9)11(15)14-3-5-16-6-4-14/h1-2,8H,3-7,12H2. The number of pyridine rings is 1. The smallest absolute Gasteiger partial charge is 0.272 e. The molecule has 1 aliphatic heterocycles. The van der Waals surface area contributed by atoms with Crippen LogP contribution in [0.1, 0.15) is 16.1 Å². The predicted molar refractivity (Wildman–Crippen MR) is 58.9 cm³/mol. The van der Waals surface area contributed by atoms with E-state index >= 15 is 0 Å². The number of amides is 1. The molecule has 86 valence electrons. The third-order valence-electron chi connectivity index (χ3n) is 2.58. The molecule has 0 bridgehead atoms. The highest BCUT2D eigenvalue weighted by atomic mass is 16.5. The first-order valence-corrected chi connectivity index (χ1v) is 5.33. The van der Waals surface area contributed by atoms with Crippen molar-refractivity contribution in [3.63, 3.8) is 0 Å². The molecule has 0 saturated carbocycles. The van der Waals surface area contributed by atoms with Crippen molar-refractivity contribution in [2.45, 2.75) is 6.54 Å². The van der Waals surface area contributed by atoms with Crippen LogP contribution in [0.4, 0.5) is 0 Å². The molecule has 0 radical (unpaired) electrons. The Morgan fingerprint density at radius 2 is 2.19 bits per heavy atom. The molecule has 1 amide bonds. The van der Waals surface area contributed by atoms with Crippen molar-refractivity contribution in [3.8, 4) is 0 Å². The van der Waals surface area contributed by atoms with E-state index in [-0.39, 0.29) is 5.91 Å². The molecule has 5 nitrogen and oxygen atoms in total. The Kier molecular flexibility index (Phi) is 3.48. The largest absolute Gasteiger partial charge is 0.378 e. The lowest BCUT2D eigenvalue weighted by atomic mass is 10.2. The van der Waals surface area contributed by atoms with Gasteiger partial charge in [-0.25, -0.2) is 0 Å². The molecule has 2 heterocycles. The highest BCUT2D eigenvalue weighted by Gasteiger charge is 2.19. The van der Waals surface area contributed by atoms with Gasteiger partial charge in [-0.1, -0.05) is 6.07 Å². The number of morpholine rings is 1. The molecule has 5 heteroatoms. The lowest BCUT2D eigenvalue weighted by Gasteiger charge is -2.26. The van der Waals surface area contributed by atoms with Crippen LogP contribution in [0.5, 0.6) is 0 Å². The summed E-state index contributed by atoms with van der Waals surface area (Å²) < 4.78 is 5.19. The highest BCUT2D eigenvalue weighted by Crippen LogP contribution is 2.06. The number of carbonyl (C=O) groups is 1. The van der Waals surface area contributed by atoms with Crippen LogP contribution in [0.2, 0.25) is 0 Å². The topological polar surface area (TPSA) is 68.5 Å². The molecule has 1 fully saturated rings.